The van der Waals surface area contributed by atoms with Crippen LogP contribution < -0.4 is 4.72 Å². The second-order valence-corrected chi connectivity index (χ2v) is 4.49. The second kappa shape index (κ2) is 3.61. The van der Waals surface area contributed by atoms with Crippen LogP contribution in [-0.4, -0.2) is 15.5 Å². The maximum atomic E-state index is 12.8. The molecule has 0 unspecified atom stereocenters. The fourth-order valence-corrected chi connectivity index (χ4v) is 2.04. The van der Waals surface area contributed by atoms with E-state index in [-0.39, 0.29) is 4.90 Å². The van der Waals surface area contributed by atoms with E-state index in [1.165, 1.54) is 19.2 Å². The Morgan fingerprint density at radius 1 is 1.46 bits per heavy atom. The molecule has 1 aromatic carbocycles. The molecule has 0 aliphatic rings. The molecule has 0 fully saturated rings. The molecule has 0 bridgehead atoms. The van der Waals surface area contributed by atoms with Gasteiger partial charge in [-0.1, -0.05) is 17.7 Å². The van der Waals surface area contributed by atoms with Gasteiger partial charge in [0, 0.05) is 0 Å². The van der Waals surface area contributed by atoms with Gasteiger partial charge in [-0.3, -0.25) is 0 Å². The Kier molecular flexibility index (Phi) is 2.90. The molecule has 1 aromatic rings. The summed E-state index contributed by atoms with van der Waals surface area (Å²) >= 11 is 5.46. The number of halogens is 2. The molecule has 0 aromatic heterocycles. The van der Waals surface area contributed by atoms with Gasteiger partial charge in [0.2, 0.25) is 10.0 Å². The first-order valence-electron chi connectivity index (χ1n) is 3.36. The van der Waals surface area contributed by atoms with E-state index in [4.69, 9.17) is 11.6 Å². The minimum absolute atomic E-state index is 0.253. The monoisotopic (exact) mass is 223 g/mol. The van der Waals surface area contributed by atoms with Crippen molar-refractivity contribution >= 4 is 21.6 Å². The van der Waals surface area contributed by atoms with Crippen molar-refractivity contribution in [1.82, 2.24) is 4.72 Å². The first-order chi connectivity index (χ1) is 5.99. The Hall–Kier alpha value is -0.650. The molecule has 13 heavy (non-hydrogen) atoms. The van der Waals surface area contributed by atoms with Crippen LogP contribution >= 0.6 is 11.6 Å². The Bertz CT molecular complexity index is 419. The lowest BCUT2D eigenvalue weighted by Gasteiger charge is -2.04. The lowest BCUT2D eigenvalue weighted by molar-refractivity contribution is 0.584. The summed E-state index contributed by atoms with van der Waals surface area (Å²) in [4.78, 5) is -0.253. The predicted molar refractivity (Wildman–Crippen MR) is 47.7 cm³/mol. The Balaban J connectivity index is 3.40. The molecule has 0 aliphatic carbocycles. The third-order valence-electron chi connectivity index (χ3n) is 1.47. The number of benzene rings is 1. The zero-order valence-corrected chi connectivity index (χ0v) is 8.29. The summed E-state index contributed by atoms with van der Waals surface area (Å²) in [5.74, 6) is -0.752. The number of hydrogen-bond donors (Lipinski definition) is 1. The summed E-state index contributed by atoms with van der Waals surface area (Å²) in [7, 11) is -2.44. The third kappa shape index (κ3) is 1.99. The van der Waals surface area contributed by atoms with E-state index in [1.807, 2.05) is 4.72 Å². The first-order valence-corrected chi connectivity index (χ1v) is 5.22. The van der Waals surface area contributed by atoms with Crippen LogP contribution in [0.25, 0.3) is 0 Å². The zero-order chi connectivity index (χ0) is 10.1. The molecule has 0 aliphatic heterocycles. The minimum atomic E-state index is -3.67. The highest BCUT2D eigenvalue weighted by Gasteiger charge is 2.17. The predicted octanol–water partition coefficient (Wildman–Crippen LogP) is 1.39. The highest BCUT2D eigenvalue weighted by Crippen LogP contribution is 2.23. The van der Waals surface area contributed by atoms with E-state index in [0.717, 1.165) is 6.07 Å². The molecule has 0 amide bonds. The van der Waals surface area contributed by atoms with Crippen LogP contribution in [0.1, 0.15) is 0 Å². The lowest BCUT2D eigenvalue weighted by atomic mass is 10.3. The largest absolute Gasteiger partial charge is 0.241 e. The van der Waals surface area contributed by atoms with Crippen molar-refractivity contribution in [1.29, 1.82) is 0 Å². The van der Waals surface area contributed by atoms with Gasteiger partial charge in [-0.25, -0.2) is 17.5 Å². The van der Waals surface area contributed by atoms with Gasteiger partial charge in [0.1, 0.15) is 10.7 Å². The first kappa shape index (κ1) is 10.4. The summed E-state index contributed by atoms with van der Waals surface area (Å²) in [6.45, 7) is 0. The maximum absolute atomic E-state index is 12.8. The summed E-state index contributed by atoms with van der Waals surface area (Å²) in [5.41, 5.74) is 0. The van der Waals surface area contributed by atoms with Crippen molar-refractivity contribution in [3.05, 3.63) is 29.0 Å². The van der Waals surface area contributed by atoms with Crippen LogP contribution in [0, 0.1) is 5.82 Å². The van der Waals surface area contributed by atoms with Gasteiger partial charge < -0.3 is 0 Å². The van der Waals surface area contributed by atoms with Crippen LogP contribution in [0.4, 0.5) is 4.39 Å². The van der Waals surface area contributed by atoms with Crippen molar-refractivity contribution in [2.75, 3.05) is 7.05 Å². The summed E-state index contributed by atoms with van der Waals surface area (Å²) in [6.07, 6.45) is 0. The van der Waals surface area contributed by atoms with Crippen LogP contribution in [0.5, 0.6) is 0 Å². The highest BCUT2D eigenvalue weighted by atomic mass is 35.5. The fourth-order valence-electron chi connectivity index (χ4n) is 0.802. The zero-order valence-electron chi connectivity index (χ0n) is 6.71. The van der Waals surface area contributed by atoms with Gasteiger partial charge in [0.05, 0.1) is 5.02 Å². The average Bonchev–Trinajstić information content (AvgIpc) is 2.09. The van der Waals surface area contributed by atoms with E-state index in [9.17, 15) is 12.8 Å². The van der Waals surface area contributed by atoms with Crippen LogP contribution in [0.2, 0.25) is 5.02 Å². The van der Waals surface area contributed by atoms with Crippen LogP contribution in [-0.2, 0) is 10.0 Å². The number of rotatable bonds is 2. The molecular formula is C7H7ClFNO2S. The van der Waals surface area contributed by atoms with E-state index in [1.54, 1.807) is 0 Å². The molecule has 0 saturated carbocycles. The van der Waals surface area contributed by atoms with Gasteiger partial charge in [0.25, 0.3) is 0 Å². The van der Waals surface area contributed by atoms with Gasteiger partial charge >= 0.3 is 0 Å². The molecule has 1 N–H and O–H groups in total. The molecule has 0 atom stereocenters. The second-order valence-electron chi connectivity index (χ2n) is 2.26. The maximum Gasteiger partial charge on any atom is 0.241 e. The van der Waals surface area contributed by atoms with E-state index in [2.05, 4.69) is 0 Å². The van der Waals surface area contributed by atoms with E-state index >= 15 is 0 Å². The lowest BCUT2D eigenvalue weighted by Crippen LogP contribution is -2.19. The number of nitrogens with one attached hydrogen (secondary N) is 1. The van der Waals surface area contributed by atoms with Crippen LogP contribution in [0.15, 0.2) is 23.1 Å². The SMILES string of the molecule is CNS(=O)(=O)c1cccc(F)c1Cl. The van der Waals surface area contributed by atoms with Crippen molar-refractivity contribution in [3.8, 4) is 0 Å². The highest BCUT2D eigenvalue weighted by molar-refractivity contribution is 7.89. The molecule has 0 spiro atoms. The molecule has 0 heterocycles. The number of hydrogen-bond acceptors (Lipinski definition) is 2. The molecule has 0 saturated heterocycles. The average molecular weight is 224 g/mol. The Morgan fingerprint density at radius 2 is 2.08 bits per heavy atom. The van der Waals surface area contributed by atoms with Crippen molar-refractivity contribution < 1.29 is 12.8 Å². The Morgan fingerprint density at radius 3 is 2.62 bits per heavy atom. The fraction of sp³-hybridized carbons (Fsp3) is 0.143. The third-order valence-corrected chi connectivity index (χ3v) is 3.43. The van der Waals surface area contributed by atoms with E-state index in [0.29, 0.717) is 0 Å². The number of sulfonamides is 1. The minimum Gasteiger partial charge on any atom is -0.214 e. The van der Waals surface area contributed by atoms with Crippen molar-refractivity contribution in [3.63, 3.8) is 0 Å². The molecule has 6 heteroatoms. The molecule has 3 nitrogen and oxygen atoms in total. The quantitative estimate of drug-likeness (QED) is 0.824. The summed E-state index contributed by atoms with van der Waals surface area (Å²) < 4.78 is 37.3. The topological polar surface area (TPSA) is 46.2 Å². The van der Waals surface area contributed by atoms with Crippen molar-refractivity contribution in [2.45, 2.75) is 4.90 Å². The van der Waals surface area contributed by atoms with Crippen LogP contribution in [0.3, 0.4) is 0 Å². The van der Waals surface area contributed by atoms with E-state index < -0.39 is 20.9 Å². The van der Waals surface area contributed by atoms with Gasteiger partial charge in [0.15, 0.2) is 0 Å². The smallest absolute Gasteiger partial charge is 0.214 e. The standard InChI is InChI=1S/C7H7ClFNO2S/c1-10-13(11,12)6-4-2-3-5(9)7(6)8/h2-4,10H,1H3. The summed E-state index contributed by atoms with van der Waals surface area (Å²) in [5, 5.41) is -0.392. The van der Waals surface area contributed by atoms with Crippen molar-refractivity contribution in [2.24, 2.45) is 0 Å². The molecular weight excluding hydrogens is 217 g/mol. The van der Waals surface area contributed by atoms with Gasteiger partial charge in [-0.15, -0.1) is 0 Å². The summed E-state index contributed by atoms with van der Waals surface area (Å²) in [6, 6.07) is 3.61. The molecule has 1 rings (SSSR count). The molecule has 0 radical (unpaired) electrons. The van der Waals surface area contributed by atoms with Gasteiger partial charge in [-0.2, -0.15) is 0 Å². The Labute approximate surface area is 80.6 Å². The molecule has 72 valence electrons. The normalized spacial score (nSPS) is 11.6. The van der Waals surface area contributed by atoms with Gasteiger partial charge in [-0.05, 0) is 19.2 Å².